The quantitative estimate of drug-likeness (QED) is 0.784. The molecule has 0 radical (unpaired) electrons. The third-order valence-corrected chi connectivity index (χ3v) is 3.59. The topological polar surface area (TPSA) is 53.1 Å². The second-order valence-corrected chi connectivity index (χ2v) is 4.97. The van der Waals surface area contributed by atoms with Crippen LogP contribution >= 0.6 is 11.6 Å². The van der Waals surface area contributed by atoms with Crippen molar-refractivity contribution in [2.75, 3.05) is 12.8 Å². The highest BCUT2D eigenvalue weighted by molar-refractivity contribution is 6.35. The molecule has 0 saturated heterocycles. The summed E-state index contributed by atoms with van der Waals surface area (Å²) in [5.74, 6) is 1.25. The minimum absolute atomic E-state index is 0.415. The first-order chi connectivity index (χ1) is 9.61. The number of hydrogen-bond donors (Lipinski definition) is 1. The van der Waals surface area contributed by atoms with E-state index in [1.165, 1.54) is 0 Å². The first kappa shape index (κ1) is 12.8. The Hall–Kier alpha value is -2.20. The maximum atomic E-state index is 6.28. The number of nitrogens with two attached hydrogens (primary N) is 1. The number of aromatic nitrogens is 2. The lowest BCUT2D eigenvalue weighted by Crippen LogP contribution is -2.01. The number of halogens is 1. The molecule has 2 N–H and O–H groups in total. The molecule has 3 aromatic rings. The van der Waals surface area contributed by atoms with Gasteiger partial charge in [0.1, 0.15) is 5.75 Å². The van der Waals surface area contributed by atoms with Gasteiger partial charge in [0.2, 0.25) is 5.95 Å². The molecule has 0 atom stereocenters. The van der Waals surface area contributed by atoms with E-state index in [0.717, 1.165) is 28.0 Å². The van der Waals surface area contributed by atoms with Gasteiger partial charge in [0.25, 0.3) is 0 Å². The number of anilines is 1. The van der Waals surface area contributed by atoms with Crippen LogP contribution in [-0.2, 0) is 0 Å². The van der Waals surface area contributed by atoms with Gasteiger partial charge in [-0.25, -0.2) is 4.98 Å². The van der Waals surface area contributed by atoms with Gasteiger partial charge in [0.05, 0.1) is 23.2 Å². The van der Waals surface area contributed by atoms with Crippen LogP contribution in [0.3, 0.4) is 0 Å². The van der Waals surface area contributed by atoms with Gasteiger partial charge >= 0.3 is 0 Å². The maximum Gasteiger partial charge on any atom is 0.205 e. The Labute approximate surface area is 121 Å². The summed E-state index contributed by atoms with van der Waals surface area (Å²) in [6.07, 6.45) is 0. The molecule has 2 aromatic carbocycles. The third kappa shape index (κ3) is 1.89. The van der Waals surface area contributed by atoms with Crippen molar-refractivity contribution >= 4 is 28.6 Å². The average Bonchev–Trinajstić information content (AvgIpc) is 2.76. The van der Waals surface area contributed by atoms with E-state index in [2.05, 4.69) is 4.98 Å². The Balaban J connectivity index is 2.29. The van der Waals surface area contributed by atoms with Gasteiger partial charge in [-0.05, 0) is 42.8 Å². The van der Waals surface area contributed by atoms with Gasteiger partial charge in [-0.15, -0.1) is 0 Å². The van der Waals surface area contributed by atoms with E-state index in [9.17, 15) is 0 Å². The fraction of sp³-hybridized carbons (Fsp3) is 0.133. The van der Waals surface area contributed by atoms with Crippen molar-refractivity contribution in [2.45, 2.75) is 6.92 Å². The van der Waals surface area contributed by atoms with E-state index in [4.69, 9.17) is 22.1 Å². The standard InChI is InChI=1S/C15H14ClN3O/c1-9-8-10(6-7-13(9)20-2)19-14-11(16)4-3-5-12(14)18-15(19)17/h3-8H,1-2H3,(H2,17,18). The highest BCUT2D eigenvalue weighted by Gasteiger charge is 2.13. The molecule has 0 bridgehead atoms. The fourth-order valence-corrected chi connectivity index (χ4v) is 2.62. The third-order valence-electron chi connectivity index (χ3n) is 3.29. The van der Waals surface area contributed by atoms with Crippen molar-refractivity contribution in [3.63, 3.8) is 0 Å². The van der Waals surface area contributed by atoms with Crippen LogP contribution in [0.15, 0.2) is 36.4 Å². The van der Waals surface area contributed by atoms with Gasteiger partial charge in [-0.2, -0.15) is 0 Å². The van der Waals surface area contributed by atoms with Crippen molar-refractivity contribution in [1.29, 1.82) is 0 Å². The van der Waals surface area contributed by atoms with Crippen molar-refractivity contribution < 1.29 is 4.74 Å². The summed E-state index contributed by atoms with van der Waals surface area (Å²) in [6.45, 7) is 1.99. The maximum absolute atomic E-state index is 6.28. The molecule has 0 saturated carbocycles. The van der Waals surface area contributed by atoms with Gasteiger partial charge in [-0.1, -0.05) is 17.7 Å². The lowest BCUT2D eigenvalue weighted by Gasteiger charge is -2.10. The van der Waals surface area contributed by atoms with Crippen molar-refractivity contribution in [1.82, 2.24) is 9.55 Å². The van der Waals surface area contributed by atoms with Crippen LogP contribution in [0.1, 0.15) is 5.56 Å². The fourth-order valence-electron chi connectivity index (χ4n) is 2.37. The summed E-state index contributed by atoms with van der Waals surface area (Å²) in [7, 11) is 1.65. The molecule has 0 amide bonds. The van der Waals surface area contributed by atoms with Crippen molar-refractivity contribution in [3.8, 4) is 11.4 Å². The second kappa shape index (κ2) is 4.72. The van der Waals surface area contributed by atoms with Crippen LogP contribution in [0.2, 0.25) is 5.02 Å². The molecule has 4 nitrogen and oxygen atoms in total. The number of para-hydroxylation sites is 1. The number of fused-ring (bicyclic) bond motifs is 1. The summed E-state index contributed by atoms with van der Waals surface area (Å²) in [5.41, 5.74) is 9.57. The summed E-state index contributed by atoms with van der Waals surface area (Å²) in [4.78, 5) is 4.35. The van der Waals surface area contributed by atoms with Gasteiger partial charge in [0.15, 0.2) is 0 Å². The molecule has 3 rings (SSSR count). The lowest BCUT2D eigenvalue weighted by molar-refractivity contribution is 0.411. The number of benzene rings is 2. The van der Waals surface area contributed by atoms with Crippen LogP contribution in [0.4, 0.5) is 5.95 Å². The molecular formula is C15H14ClN3O. The number of nitrogen functional groups attached to an aromatic ring is 1. The first-order valence-electron chi connectivity index (χ1n) is 6.19. The van der Waals surface area contributed by atoms with Crippen molar-refractivity contribution in [3.05, 3.63) is 47.0 Å². The molecule has 5 heteroatoms. The van der Waals surface area contributed by atoms with Crippen LogP contribution in [0.5, 0.6) is 5.75 Å². The molecule has 20 heavy (non-hydrogen) atoms. The second-order valence-electron chi connectivity index (χ2n) is 4.57. The zero-order chi connectivity index (χ0) is 14.3. The summed E-state index contributed by atoms with van der Waals surface area (Å²) in [6, 6.07) is 11.4. The Kier molecular flexibility index (Phi) is 3.03. The van der Waals surface area contributed by atoms with E-state index < -0.39 is 0 Å². The van der Waals surface area contributed by atoms with Crippen LogP contribution < -0.4 is 10.5 Å². The normalized spacial score (nSPS) is 10.9. The smallest absolute Gasteiger partial charge is 0.205 e. The number of hydrogen-bond acceptors (Lipinski definition) is 3. The molecule has 0 unspecified atom stereocenters. The Morgan fingerprint density at radius 1 is 1.25 bits per heavy atom. The van der Waals surface area contributed by atoms with Crippen LogP contribution in [-0.4, -0.2) is 16.7 Å². The predicted octanol–water partition coefficient (Wildman–Crippen LogP) is 3.58. The van der Waals surface area contributed by atoms with E-state index >= 15 is 0 Å². The Morgan fingerprint density at radius 3 is 2.75 bits per heavy atom. The summed E-state index contributed by atoms with van der Waals surface area (Å²) >= 11 is 6.28. The summed E-state index contributed by atoms with van der Waals surface area (Å²) < 4.78 is 7.13. The monoisotopic (exact) mass is 287 g/mol. The lowest BCUT2D eigenvalue weighted by atomic mass is 10.2. The Bertz CT molecular complexity index is 795. The number of methoxy groups -OCH3 is 1. The SMILES string of the molecule is COc1ccc(-n2c(N)nc3cccc(Cl)c32)cc1C. The highest BCUT2D eigenvalue weighted by Crippen LogP contribution is 2.30. The zero-order valence-electron chi connectivity index (χ0n) is 11.2. The number of aryl methyl sites for hydroxylation is 1. The van der Waals surface area contributed by atoms with E-state index in [1.54, 1.807) is 7.11 Å². The highest BCUT2D eigenvalue weighted by atomic mass is 35.5. The van der Waals surface area contributed by atoms with E-state index in [0.29, 0.717) is 11.0 Å². The van der Waals surface area contributed by atoms with Crippen molar-refractivity contribution in [2.24, 2.45) is 0 Å². The average molecular weight is 288 g/mol. The zero-order valence-corrected chi connectivity index (χ0v) is 12.0. The number of nitrogens with zero attached hydrogens (tertiary/aromatic N) is 2. The molecule has 0 fully saturated rings. The largest absolute Gasteiger partial charge is 0.496 e. The van der Waals surface area contributed by atoms with E-state index in [-0.39, 0.29) is 0 Å². The minimum Gasteiger partial charge on any atom is -0.496 e. The molecule has 0 spiro atoms. The summed E-state index contributed by atoms with van der Waals surface area (Å²) in [5, 5.41) is 0.625. The molecule has 1 heterocycles. The first-order valence-corrected chi connectivity index (χ1v) is 6.57. The molecule has 1 aromatic heterocycles. The van der Waals surface area contributed by atoms with Crippen LogP contribution in [0, 0.1) is 6.92 Å². The van der Waals surface area contributed by atoms with Gasteiger partial charge in [-0.3, -0.25) is 4.57 Å². The number of imidazole rings is 1. The predicted molar refractivity (Wildman–Crippen MR) is 81.8 cm³/mol. The molecule has 0 aliphatic carbocycles. The van der Waals surface area contributed by atoms with Gasteiger partial charge < -0.3 is 10.5 Å². The Morgan fingerprint density at radius 2 is 2.05 bits per heavy atom. The number of rotatable bonds is 2. The molecule has 0 aliphatic heterocycles. The molecular weight excluding hydrogens is 274 g/mol. The van der Waals surface area contributed by atoms with Crippen LogP contribution in [0.25, 0.3) is 16.7 Å². The molecule has 0 aliphatic rings. The molecule has 102 valence electrons. The number of ether oxygens (including phenoxy) is 1. The minimum atomic E-state index is 0.415. The van der Waals surface area contributed by atoms with Gasteiger partial charge in [0, 0.05) is 5.69 Å². The van der Waals surface area contributed by atoms with E-state index in [1.807, 2.05) is 47.9 Å².